The van der Waals surface area contributed by atoms with Crippen LogP contribution in [0.3, 0.4) is 0 Å². The molecule has 0 saturated carbocycles. The van der Waals surface area contributed by atoms with Gasteiger partial charge in [0.05, 0.1) is 0 Å². The average molecular weight is 255 g/mol. The highest BCUT2D eigenvalue weighted by molar-refractivity contribution is 6.05. The van der Waals surface area contributed by atoms with E-state index in [1.807, 2.05) is 0 Å². The van der Waals surface area contributed by atoms with Crippen molar-refractivity contribution in [3.05, 3.63) is 59.7 Å². The number of carbonyl (C=O) groups is 2. The summed E-state index contributed by atoms with van der Waals surface area (Å²) in [5, 5.41) is 11.8. The van der Waals surface area contributed by atoms with E-state index < -0.39 is 0 Å². The minimum Gasteiger partial charge on any atom is -0.508 e. The number of benzene rings is 2. The lowest BCUT2D eigenvalue weighted by Crippen LogP contribution is -2.11. The van der Waals surface area contributed by atoms with Gasteiger partial charge >= 0.3 is 0 Å². The fraction of sp³-hybridized carbons (Fsp3) is 0.0667. The second-order valence-electron chi connectivity index (χ2n) is 4.13. The van der Waals surface area contributed by atoms with E-state index in [4.69, 9.17) is 5.11 Å². The Labute approximate surface area is 110 Å². The lowest BCUT2D eigenvalue weighted by molar-refractivity contribution is 0.101. The predicted octanol–water partition coefficient (Wildman–Crippen LogP) is 2.85. The molecule has 0 spiro atoms. The molecule has 0 radical (unpaired) electrons. The van der Waals surface area contributed by atoms with Crippen molar-refractivity contribution in [2.24, 2.45) is 0 Å². The highest BCUT2D eigenvalue weighted by Crippen LogP contribution is 2.15. The van der Waals surface area contributed by atoms with Gasteiger partial charge in [0.1, 0.15) is 5.75 Å². The number of aromatic hydroxyl groups is 1. The first kappa shape index (κ1) is 12.8. The van der Waals surface area contributed by atoms with Crippen LogP contribution in [0.5, 0.6) is 5.75 Å². The van der Waals surface area contributed by atoms with Gasteiger partial charge in [-0.05, 0) is 43.3 Å². The maximum atomic E-state index is 11.9. The molecule has 0 atom stereocenters. The largest absolute Gasteiger partial charge is 0.508 e. The van der Waals surface area contributed by atoms with Crippen LogP contribution in [0.1, 0.15) is 27.6 Å². The van der Waals surface area contributed by atoms with Crippen molar-refractivity contribution in [3.63, 3.8) is 0 Å². The quantitative estimate of drug-likeness (QED) is 0.654. The van der Waals surface area contributed by atoms with Crippen molar-refractivity contribution in [2.75, 3.05) is 5.32 Å². The van der Waals surface area contributed by atoms with Crippen LogP contribution >= 0.6 is 0 Å². The first-order chi connectivity index (χ1) is 9.06. The molecule has 2 aromatic rings. The molecule has 96 valence electrons. The topological polar surface area (TPSA) is 66.4 Å². The molecular weight excluding hydrogens is 242 g/mol. The summed E-state index contributed by atoms with van der Waals surface area (Å²) < 4.78 is 0. The van der Waals surface area contributed by atoms with Gasteiger partial charge in [-0.15, -0.1) is 0 Å². The molecule has 0 unspecified atom stereocenters. The molecule has 2 rings (SSSR count). The molecule has 0 aliphatic heterocycles. The van der Waals surface area contributed by atoms with Gasteiger partial charge in [-0.1, -0.05) is 12.1 Å². The van der Waals surface area contributed by atoms with E-state index >= 15 is 0 Å². The molecule has 2 aromatic carbocycles. The fourth-order valence-electron chi connectivity index (χ4n) is 1.60. The van der Waals surface area contributed by atoms with Gasteiger partial charge < -0.3 is 10.4 Å². The number of phenolic OH excluding ortho intramolecular Hbond substituents is 1. The van der Waals surface area contributed by atoms with Crippen molar-refractivity contribution in [1.82, 2.24) is 0 Å². The summed E-state index contributed by atoms with van der Waals surface area (Å²) in [6.07, 6.45) is 0. The van der Waals surface area contributed by atoms with Crippen molar-refractivity contribution in [3.8, 4) is 5.75 Å². The van der Waals surface area contributed by atoms with Gasteiger partial charge in [-0.25, -0.2) is 0 Å². The summed E-state index contributed by atoms with van der Waals surface area (Å²) in [6.45, 7) is 1.48. The Kier molecular flexibility index (Phi) is 3.61. The number of hydrogen-bond donors (Lipinski definition) is 2. The minimum atomic E-state index is -0.263. The molecule has 0 aliphatic carbocycles. The highest BCUT2D eigenvalue weighted by atomic mass is 16.3. The van der Waals surface area contributed by atoms with Gasteiger partial charge in [0.25, 0.3) is 5.91 Å². The lowest BCUT2D eigenvalue weighted by atomic mass is 10.1. The number of hydrogen-bond acceptors (Lipinski definition) is 3. The molecule has 4 heteroatoms. The van der Waals surface area contributed by atoms with E-state index in [0.717, 1.165) is 0 Å². The number of ketones is 1. The Balaban J connectivity index is 2.11. The Morgan fingerprint density at radius 1 is 0.895 bits per heavy atom. The number of carbonyl (C=O) groups excluding carboxylic acids is 2. The second-order valence-corrected chi connectivity index (χ2v) is 4.13. The van der Waals surface area contributed by atoms with E-state index in [-0.39, 0.29) is 17.4 Å². The zero-order valence-corrected chi connectivity index (χ0v) is 10.4. The number of anilines is 1. The SMILES string of the molecule is CC(=O)c1ccc(C(=O)Nc2ccc(O)cc2)cc1. The summed E-state index contributed by atoms with van der Waals surface area (Å²) in [6, 6.07) is 12.7. The molecule has 2 N–H and O–H groups in total. The predicted molar refractivity (Wildman–Crippen MR) is 72.5 cm³/mol. The molecule has 19 heavy (non-hydrogen) atoms. The average Bonchev–Trinajstić information content (AvgIpc) is 2.41. The van der Waals surface area contributed by atoms with Crippen LogP contribution in [0, 0.1) is 0 Å². The Hall–Kier alpha value is -2.62. The van der Waals surface area contributed by atoms with E-state index in [2.05, 4.69) is 5.32 Å². The van der Waals surface area contributed by atoms with Crippen molar-refractivity contribution in [2.45, 2.75) is 6.92 Å². The van der Waals surface area contributed by atoms with Crippen LogP contribution in [0.4, 0.5) is 5.69 Å². The van der Waals surface area contributed by atoms with E-state index in [0.29, 0.717) is 16.8 Å². The first-order valence-corrected chi connectivity index (χ1v) is 5.77. The van der Waals surface area contributed by atoms with Crippen LogP contribution in [-0.4, -0.2) is 16.8 Å². The molecule has 0 heterocycles. The van der Waals surface area contributed by atoms with Crippen LogP contribution in [-0.2, 0) is 0 Å². The molecule has 1 amide bonds. The maximum Gasteiger partial charge on any atom is 0.255 e. The molecule has 4 nitrogen and oxygen atoms in total. The van der Waals surface area contributed by atoms with Gasteiger partial charge in [-0.3, -0.25) is 9.59 Å². The molecule has 0 aliphatic rings. The third-order valence-electron chi connectivity index (χ3n) is 2.68. The van der Waals surface area contributed by atoms with Gasteiger partial charge in [0.2, 0.25) is 0 Å². The van der Waals surface area contributed by atoms with Gasteiger partial charge in [0.15, 0.2) is 5.78 Å². The van der Waals surface area contributed by atoms with E-state index in [9.17, 15) is 9.59 Å². The number of amides is 1. The summed E-state index contributed by atoms with van der Waals surface area (Å²) in [5.74, 6) is -0.157. The van der Waals surface area contributed by atoms with Crippen molar-refractivity contribution >= 4 is 17.4 Å². The summed E-state index contributed by atoms with van der Waals surface area (Å²) in [4.78, 5) is 23.0. The van der Waals surface area contributed by atoms with Crippen LogP contribution in [0.2, 0.25) is 0 Å². The molecule has 0 aromatic heterocycles. The molecule has 0 bridgehead atoms. The van der Waals surface area contributed by atoms with Crippen LogP contribution < -0.4 is 5.32 Å². The van der Waals surface area contributed by atoms with Crippen LogP contribution in [0.15, 0.2) is 48.5 Å². The third-order valence-corrected chi connectivity index (χ3v) is 2.68. The smallest absolute Gasteiger partial charge is 0.255 e. The Morgan fingerprint density at radius 2 is 1.42 bits per heavy atom. The second kappa shape index (κ2) is 5.35. The Bertz CT molecular complexity index is 600. The van der Waals surface area contributed by atoms with Gasteiger partial charge in [-0.2, -0.15) is 0 Å². The standard InChI is InChI=1S/C15H13NO3/c1-10(17)11-2-4-12(5-3-11)15(19)16-13-6-8-14(18)9-7-13/h2-9,18H,1H3,(H,16,19). The molecule has 0 saturated heterocycles. The van der Waals surface area contributed by atoms with Gasteiger partial charge in [0, 0.05) is 16.8 Å². The fourth-order valence-corrected chi connectivity index (χ4v) is 1.60. The number of Topliss-reactive ketones (excluding diaryl/α,β-unsaturated/α-hetero) is 1. The highest BCUT2D eigenvalue weighted by Gasteiger charge is 2.07. The normalized spacial score (nSPS) is 9.95. The lowest BCUT2D eigenvalue weighted by Gasteiger charge is -2.05. The monoisotopic (exact) mass is 255 g/mol. The van der Waals surface area contributed by atoms with Crippen molar-refractivity contribution in [1.29, 1.82) is 0 Å². The third kappa shape index (κ3) is 3.19. The summed E-state index contributed by atoms with van der Waals surface area (Å²) >= 11 is 0. The van der Waals surface area contributed by atoms with E-state index in [1.54, 1.807) is 36.4 Å². The number of rotatable bonds is 3. The number of nitrogens with one attached hydrogen (secondary N) is 1. The zero-order valence-electron chi connectivity index (χ0n) is 10.4. The van der Waals surface area contributed by atoms with E-state index in [1.165, 1.54) is 19.1 Å². The molecular formula is C15H13NO3. The minimum absolute atomic E-state index is 0.0366. The summed E-state index contributed by atoms with van der Waals surface area (Å²) in [5.41, 5.74) is 1.64. The number of phenols is 1. The molecule has 0 fully saturated rings. The van der Waals surface area contributed by atoms with Crippen molar-refractivity contribution < 1.29 is 14.7 Å². The maximum absolute atomic E-state index is 11.9. The first-order valence-electron chi connectivity index (χ1n) is 5.77. The van der Waals surface area contributed by atoms with Crippen LogP contribution in [0.25, 0.3) is 0 Å². The zero-order chi connectivity index (χ0) is 13.8. The Morgan fingerprint density at radius 3 is 1.95 bits per heavy atom. The summed E-state index contributed by atoms with van der Waals surface area (Å²) in [7, 11) is 0.